The van der Waals surface area contributed by atoms with Crippen LogP contribution >= 0.6 is 0 Å². The first-order chi connectivity index (χ1) is 5.25. The molecule has 0 aliphatic carbocycles. The summed E-state index contributed by atoms with van der Waals surface area (Å²) < 4.78 is 0. The van der Waals surface area contributed by atoms with Crippen LogP contribution in [0.15, 0.2) is 31.1 Å². The molecule has 0 saturated heterocycles. The Morgan fingerprint density at radius 3 is 2.91 bits per heavy atom. The molecule has 1 heteroatoms. The van der Waals surface area contributed by atoms with Crippen LogP contribution in [0.25, 0.3) is 12.2 Å². The van der Waals surface area contributed by atoms with E-state index in [0.29, 0.717) is 0 Å². The molecule has 1 nitrogen and oxygen atoms in total. The van der Waals surface area contributed by atoms with Crippen molar-refractivity contribution < 1.29 is 0 Å². The summed E-state index contributed by atoms with van der Waals surface area (Å²) in [4.78, 5) is 3.95. The highest BCUT2D eigenvalue weighted by atomic mass is 14.6. The first kappa shape index (κ1) is 7.73. The summed E-state index contributed by atoms with van der Waals surface area (Å²) in [6.07, 6.45) is 5.34. The minimum atomic E-state index is 0.949. The lowest BCUT2D eigenvalue weighted by atomic mass is 10.2. The molecule has 0 N–H and O–H groups in total. The van der Waals surface area contributed by atoms with E-state index in [2.05, 4.69) is 18.1 Å². The normalized spacial score (nSPS) is 12.5. The van der Waals surface area contributed by atoms with E-state index < -0.39 is 0 Å². The van der Waals surface area contributed by atoms with Crippen molar-refractivity contribution in [3.63, 3.8) is 0 Å². The molecule has 0 aliphatic rings. The molecule has 0 aliphatic heterocycles. The first-order valence-electron chi connectivity index (χ1n) is 3.48. The van der Waals surface area contributed by atoms with Gasteiger partial charge in [-0.3, -0.25) is 4.98 Å². The third kappa shape index (κ3) is 1.55. The molecule has 0 bridgehead atoms. The van der Waals surface area contributed by atoms with E-state index in [0.717, 1.165) is 16.0 Å². The molecule has 0 radical (unpaired) electrons. The van der Waals surface area contributed by atoms with Crippen molar-refractivity contribution in [2.24, 2.45) is 0 Å². The van der Waals surface area contributed by atoms with Gasteiger partial charge in [0.15, 0.2) is 0 Å². The average Bonchev–Trinajstić information content (AvgIpc) is 2.04. The molecule has 0 spiro atoms. The Hall–Kier alpha value is -1.37. The molecule has 56 valence electrons. The second-order valence-corrected chi connectivity index (χ2v) is 2.42. The molecule has 1 rings (SSSR count). The Balaban J connectivity index is 3.59. The van der Waals surface area contributed by atoms with Crippen LogP contribution in [-0.2, 0) is 0 Å². The fourth-order valence-corrected chi connectivity index (χ4v) is 0.922. The maximum atomic E-state index is 3.95. The van der Waals surface area contributed by atoms with Crippen molar-refractivity contribution in [3.8, 4) is 0 Å². The topological polar surface area (TPSA) is 12.9 Å². The maximum Gasteiger partial charge on any atom is 0.0340 e. The Labute approximate surface area is 66.4 Å². The van der Waals surface area contributed by atoms with Crippen LogP contribution in [0.3, 0.4) is 0 Å². The Morgan fingerprint density at radius 1 is 1.64 bits per heavy atom. The quantitative estimate of drug-likeness (QED) is 0.571. The Morgan fingerprint density at radius 2 is 2.36 bits per heavy atom. The zero-order valence-corrected chi connectivity index (χ0v) is 6.67. The number of nitrogens with zero attached hydrogens (tertiary/aromatic N) is 1. The van der Waals surface area contributed by atoms with Gasteiger partial charge in [0.1, 0.15) is 0 Å². The third-order valence-electron chi connectivity index (χ3n) is 1.63. The van der Waals surface area contributed by atoms with Crippen molar-refractivity contribution in [1.82, 2.24) is 4.98 Å². The zero-order valence-electron chi connectivity index (χ0n) is 6.67. The SMILES string of the molecule is C=C/C(C)=c1/ccncc1=C. The predicted molar refractivity (Wildman–Crippen MR) is 48.3 cm³/mol. The van der Waals surface area contributed by atoms with Gasteiger partial charge >= 0.3 is 0 Å². The van der Waals surface area contributed by atoms with E-state index in [1.807, 2.05) is 19.1 Å². The van der Waals surface area contributed by atoms with E-state index in [-0.39, 0.29) is 0 Å². The van der Waals surface area contributed by atoms with Gasteiger partial charge in [-0.25, -0.2) is 0 Å². The van der Waals surface area contributed by atoms with Crippen LogP contribution < -0.4 is 10.4 Å². The van der Waals surface area contributed by atoms with Crippen LogP contribution in [0.4, 0.5) is 0 Å². The van der Waals surface area contributed by atoms with Crippen molar-refractivity contribution >= 4 is 12.2 Å². The number of aromatic nitrogens is 1. The highest BCUT2D eigenvalue weighted by molar-refractivity contribution is 5.52. The van der Waals surface area contributed by atoms with Crippen molar-refractivity contribution in [3.05, 3.63) is 41.6 Å². The lowest BCUT2D eigenvalue weighted by Gasteiger charge is -1.90. The van der Waals surface area contributed by atoms with Crippen LogP contribution in [0.5, 0.6) is 0 Å². The molecule has 0 atom stereocenters. The largest absolute Gasteiger partial charge is 0.264 e. The van der Waals surface area contributed by atoms with E-state index in [1.165, 1.54) is 0 Å². The highest BCUT2D eigenvalue weighted by Crippen LogP contribution is 1.86. The van der Waals surface area contributed by atoms with Crippen LogP contribution in [-0.4, -0.2) is 4.98 Å². The Bertz CT molecular complexity index is 363. The lowest BCUT2D eigenvalue weighted by Crippen LogP contribution is -2.24. The predicted octanol–water partition coefficient (Wildman–Crippen LogP) is 0.849. The molecule has 11 heavy (non-hydrogen) atoms. The van der Waals surface area contributed by atoms with Gasteiger partial charge in [-0.2, -0.15) is 0 Å². The molecule has 1 aromatic rings. The smallest absolute Gasteiger partial charge is 0.0340 e. The summed E-state index contributed by atoms with van der Waals surface area (Å²) in [5.74, 6) is 0. The molecular formula is C10H11N. The van der Waals surface area contributed by atoms with Crippen molar-refractivity contribution in [2.45, 2.75) is 6.92 Å². The van der Waals surface area contributed by atoms with Gasteiger partial charge in [-0.15, -0.1) is 0 Å². The summed E-state index contributed by atoms with van der Waals surface area (Å²) in [6, 6.07) is 1.94. The van der Waals surface area contributed by atoms with Gasteiger partial charge in [-0.1, -0.05) is 19.2 Å². The minimum absolute atomic E-state index is 0.949. The van der Waals surface area contributed by atoms with Crippen LogP contribution in [0.1, 0.15) is 6.92 Å². The standard InChI is InChI=1S/C10H11N/c1-4-8(2)10-5-6-11-7-9(10)3/h4-7H,1,3H2,2H3/b10-8-. The first-order valence-corrected chi connectivity index (χ1v) is 3.48. The summed E-state index contributed by atoms with van der Waals surface area (Å²) >= 11 is 0. The summed E-state index contributed by atoms with van der Waals surface area (Å²) in [6.45, 7) is 9.56. The number of allylic oxidation sites excluding steroid dienone is 1. The van der Waals surface area contributed by atoms with E-state index in [9.17, 15) is 0 Å². The van der Waals surface area contributed by atoms with Crippen LogP contribution in [0.2, 0.25) is 0 Å². The molecule has 1 heterocycles. The van der Waals surface area contributed by atoms with Gasteiger partial charge in [0.25, 0.3) is 0 Å². The third-order valence-corrected chi connectivity index (χ3v) is 1.63. The fourth-order valence-electron chi connectivity index (χ4n) is 0.922. The second kappa shape index (κ2) is 3.15. The average molecular weight is 145 g/mol. The van der Waals surface area contributed by atoms with Gasteiger partial charge in [0, 0.05) is 12.4 Å². The van der Waals surface area contributed by atoms with Crippen molar-refractivity contribution in [2.75, 3.05) is 0 Å². The fraction of sp³-hybridized carbons (Fsp3) is 0.100. The van der Waals surface area contributed by atoms with E-state index in [4.69, 9.17) is 0 Å². The molecule has 0 unspecified atom stereocenters. The van der Waals surface area contributed by atoms with Gasteiger partial charge in [-0.05, 0) is 29.0 Å². The second-order valence-electron chi connectivity index (χ2n) is 2.42. The number of rotatable bonds is 1. The number of pyridine rings is 1. The van der Waals surface area contributed by atoms with E-state index >= 15 is 0 Å². The highest BCUT2D eigenvalue weighted by Gasteiger charge is 1.84. The summed E-state index contributed by atoms with van der Waals surface area (Å²) in [7, 11) is 0. The summed E-state index contributed by atoms with van der Waals surface area (Å²) in [5.41, 5.74) is 1.14. The van der Waals surface area contributed by atoms with Gasteiger partial charge < -0.3 is 0 Å². The van der Waals surface area contributed by atoms with Crippen molar-refractivity contribution in [1.29, 1.82) is 0 Å². The molecule has 0 aromatic carbocycles. The van der Waals surface area contributed by atoms with E-state index in [1.54, 1.807) is 12.4 Å². The van der Waals surface area contributed by atoms with Gasteiger partial charge in [0.2, 0.25) is 0 Å². The molecule has 0 amide bonds. The summed E-state index contributed by atoms with van der Waals surface area (Å²) in [5, 5.41) is 2.07. The molecule has 1 aromatic heterocycles. The Kier molecular flexibility index (Phi) is 2.21. The van der Waals surface area contributed by atoms with Crippen LogP contribution in [0, 0.1) is 0 Å². The minimum Gasteiger partial charge on any atom is -0.264 e. The molecule has 0 fully saturated rings. The zero-order chi connectivity index (χ0) is 8.27. The van der Waals surface area contributed by atoms with Gasteiger partial charge in [0.05, 0.1) is 0 Å². The lowest BCUT2D eigenvalue weighted by molar-refractivity contribution is 1.27. The number of hydrogen-bond acceptors (Lipinski definition) is 1. The molecule has 0 saturated carbocycles. The molecular weight excluding hydrogens is 134 g/mol. The maximum absolute atomic E-state index is 3.95. The number of hydrogen-bond donors (Lipinski definition) is 0. The monoisotopic (exact) mass is 145 g/mol.